The van der Waals surface area contributed by atoms with E-state index in [2.05, 4.69) is 0 Å². The van der Waals surface area contributed by atoms with Crippen LogP contribution in [0.4, 0.5) is 5.69 Å². The van der Waals surface area contributed by atoms with E-state index in [1.54, 1.807) is 37.3 Å². The first kappa shape index (κ1) is 12.2. The van der Waals surface area contributed by atoms with Gasteiger partial charge in [-0.2, -0.15) is 0 Å². The zero-order chi connectivity index (χ0) is 13.1. The van der Waals surface area contributed by atoms with Gasteiger partial charge in [0.1, 0.15) is 5.76 Å². The Balaban J connectivity index is 2.44. The van der Waals surface area contributed by atoms with Gasteiger partial charge in [0.25, 0.3) is 0 Å². The van der Waals surface area contributed by atoms with Gasteiger partial charge < -0.3 is 14.9 Å². The van der Waals surface area contributed by atoms with Crippen LogP contribution in [0.15, 0.2) is 34.7 Å². The number of furan rings is 1. The molecule has 0 aliphatic heterocycles. The molecule has 0 unspecified atom stereocenters. The van der Waals surface area contributed by atoms with Gasteiger partial charge in [0.2, 0.25) is 5.78 Å². The summed E-state index contributed by atoms with van der Waals surface area (Å²) in [4.78, 5) is 12.3. The maximum absolute atomic E-state index is 12.3. The van der Waals surface area contributed by atoms with Crippen molar-refractivity contribution in [2.75, 3.05) is 12.3 Å². The molecule has 94 valence electrons. The molecule has 0 amide bonds. The summed E-state index contributed by atoms with van der Waals surface area (Å²) in [6, 6.07) is 8.51. The molecule has 0 saturated heterocycles. The Morgan fingerprint density at radius 2 is 2.11 bits per heavy atom. The number of ether oxygens (including phenoxy) is 1. The molecule has 0 radical (unpaired) electrons. The second kappa shape index (κ2) is 4.96. The first-order valence-corrected chi connectivity index (χ1v) is 5.76. The van der Waals surface area contributed by atoms with Gasteiger partial charge in [-0.1, -0.05) is 6.07 Å². The lowest BCUT2D eigenvalue weighted by Gasteiger charge is -2.10. The normalized spacial score (nSPS) is 10.3. The van der Waals surface area contributed by atoms with Gasteiger partial charge in [-0.3, -0.25) is 4.79 Å². The van der Waals surface area contributed by atoms with E-state index in [4.69, 9.17) is 14.9 Å². The molecule has 2 rings (SSSR count). The van der Waals surface area contributed by atoms with E-state index in [1.807, 2.05) is 6.92 Å². The minimum absolute atomic E-state index is 0.223. The second-order valence-corrected chi connectivity index (χ2v) is 3.90. The number of hydrogen-bond donors (Lipinski definition) is 1. The van der Waals surface area contributed by atoms with Crippen molar-refractivity contribution in [1.82, 2.24) is 0 Å². The average Bonchev–Trinajstić information content (AvgIpc) is 2.78. The van der Waals surface area contributed by atoms with Gasteiger partial charge in [0, 0.05) is 0 Å². The number of aryl methyl sites for hydroxylation is 1. The third-order valence-electron chi connectivity index (χ3n) is 2.54. The van der Waals surface area contributed by atoms with Crippen LogP contribution in [0.2, 0.25) is 0 Å². The van der Waals surface area contributed by atoms with E-state index in [0.717, 1.165) is 0 Å². The molecule has 0 aliphatic rings. The fourth-order valence-electron chi connectivity index (χ4n) is 1.73. The monoisotopic (exact) mass is 245 g/mol. The number of nitrogen functional groups attached to an aromatic ring is 1. The largest absolute Gasteiger partial charge is 0.491 e. The molecule has 0 atom stereocenters. The number of carbonyl (C=O) groups is 1. The van der Waals surface area contributed by atoms with E-state index in [1.165, 1.54) is 0 Å². The molecule has 2 N–H and O–H groups in total. The van der Waals surface area contributed by atoms with Crippen LogP contribution in [-0.2, 0) is 0 Å². The Bertz CT molecular complexity index is 572. The van der Waals surface area contributed by atoms with Gasteiger partial charge in [-0.15, -0.1) is 0 Å². The van der Waals surface area contributed by atoms with Crippen molar-refractivity contribution in [3.63, 3.8) is 0 Å². The number of nitrogens with two attached hydrogens (primary N) is 1. The molecule has 1 heterocycles. The highest BCUT2D eigenvalue weighted by Crippen LogP contribution is 2.28. The Hall–Kier alpha value is -2.23. The van der Waals surface area contributed by atoms with Crippen molar-refractivity contribution in [3.05, 3.63) is 47.4 Å². The molecule has 0 aliphatic carbocycles. The lowest BCUT2D eigenvalue weighted by molar-refractivity contribution is 0.100. The number of rotatable bonds is 4. The minimum Gasteiger partial charge on any atom is -0.491 e. The van der Waals surface area contributed by atoms with E-state index in [-0.39, 0.29) is 5.78 Å². The summed E-state index contributed by atoms with van der Waals surface area (Å²) in [7, 11) is 0. The van der Waals surface area contributed by atoms with Gasteiger partial charge in [-0.25, -0.2) is 0 Å². The van der Waals surface area contributed by atoms with Crippen LogP contribution in [0.3, 0.4) is 0 Å². The molecule has 0 saturated carbocycles. The van der Waals surface area contributed by atoms with Crippen molar-refractivity contribution in [1.29, 1.82) is 0 Å². The molecule has 1 aromatic heterocycles. The molecule has 18 heavy (non-hydrogen) atoms. The predicted molar refractivity (Wildman–Crippen MR) is 68.9 cm³/mol. The van der Waals surface area contributed by atoms with Crippen LogP contribution in [0.1, 0.15) is 28.8 Å². The number of anilines is 1. The highest BCUT2D eigenvalue weighted by atomic mass is 16.5. The molecule has 0 spiro atoms. The van der Waals surface area contributed by atoms with Crippen LogP contribution in [0.5, 0.6) is 5.75 Å². The van der Waals surface area contributed by atoms with E-state index in [9.17, 15) is 4.79 Å². The summed E-state index contributed by atoms with van der Waals surface area (Å²) in [5, 5.41) is 0. The van der Waals surface area contributed by atoms with Crippen molar-refractivity contribution < 1.29 is 13.9 Å². The molecule has 0 fully saturated rings. The highest BCUT2D eigenvalue weighted by Gasteiger charge is 2.19. The summed E-state index contributed by atoms with van der Waals surface area (Å²) in [5.41, 5.74) is 6.69. The molecule has 4 heteroatoms. The van der Waals surface area contributed by atoms with E-state index < -0.39 is 0 Å². The quantitative estimate of drug-likeness (QED) is 0.664. The zero-order valence-electron chi connectivity index (χ0n) is 10.4. The summed E-state index contributed by atoms with van der Waals surface area (Å²) in [5.74, 6) is 1.18. The summed E-state index contributed by atoms with van der Waals surface area (Å²) in [6.07, 6.45) is 0. The van der Waals surface area contributed by atoms with Crippen LogP contribution < -0.4 is 10.5 Å². The van der Waals surface area contributed by atoms with Gasteiger partial charge in [0.15, 0.2) is 11.5 Å². The zero-order valence-corrected chi connectivity index (χ0v) is 10.4. The molecule has 1 aromatic carbocycles. The van der Waals surface area contributed by atoms with Gasteiger partial charge in [-0.05, 0) is 38.1 Å². The summed E-state index contributed by atoms with van der Waals surface area (Å²) >= 11 is 0. The van der Waals surface area contributed by atoms with Crippen LogP contribution >= 0.6 is 0 Å². The lowest BCUT2D eigenvalue weighted by atomic mass is 10.1. The topological polar surface area (TPSA) is 65.5 Å². The Morgan fingerprint density at radius 3 is 2.72 bits per heavy atom. The molecule has 0 bridgehead atoms. The predicted octanol–water partition coefficient (Wildman–Crippen LogP) is 2.80. The maximum Gasteiger partial charge on any atom is 0.231 e. The van der Waals surface area contributed by atoms with Crippen LogP contribution in [-0.4, -0.2) is 12.4 Å². The SMILES string of the molecule is CCOc1c(N)cccc1C(=O)c1ccc(C)o1. The Morgan fingerprint density at radius 1 is 1.33 bits per heavy atom. The maximum atomic E-state index is 12.3. The fraction of sp³-hybridized carbons (Fsp3) is 0.214. The second-order valence-electron chi connectivity index (χ2n) is 3.90. The molecule has 2 aromatic rings. The van der Waals surface area contributed by atoms with E-state index >= 15 is 0 Å². The van der Waals surface area contributed by atoms with Crippen LogP contribution in [0, 0.1) is 6.92 Å². The van der Waals surface area contributed by atoms with E-state index in [0.29, 0.717) is 35.1 Å². The molecule has 4 nitrogen and oxygen atoms in total. The summed E-state index contributed by atoms with van der Waals surface area (Å²) < 4.78 is 10.8. The van der Waals surface area contributed by atoms with Crippen molar-refractivity contribution in [2.45, 2.75) is 13.8 Å². The van der Waals surface area contributed by atoms with Gasteiger partial charge in [0.05, 0.1) is 17.9 Å². The van der Waals surface area contributed by atoms with Crippen molar-refractivity contribution in [2.24, 2.45) is 0 Å². The standard InChI is InChI=1S/C14H15NO3/c1-3-17-14-10(5-4-6-11(14)15)13(16)12-8-7-9(2)18-12/h4-8H,3,15H2,1-2H3. The van der Waals surface area contributed by atoms with Crippen LogP contribution in [0.25, 0.3) is 0 Å². The van der Waals surface area contributed by atoms with Gasteiger partial charge >= 0.3 is 0 Å². The minimum atomic E-state index is -0.223. The smallest absolute Gasteiger partial charge is 0.231 e. The number of hydrogen-bond acceptors (Lipinski definition) is 4. The average molecular weight is 245 g/mol. The number of benzene rings is 1. The fourth-order valence-corrected chi connectivity index (χ4v) is 1.73. The Kier molecular flexibility index (Phi) is 3.37. The first-order valence-electron chi connectivity index (χ1n) is 5.76. The third-order valence-corrected chi connectivity index (χ3v) is 2.54. The highest BCUT2D eigenvalue weighted by molar-refractivity contribution is 6.09. The third kappa shape index (κ3) is 2.22. The van der Waals surface area contributed by atoms with Crippen molar-refractivity contribution in [3.8, 4) is 5.75 Å². The number of ketones is 1. The lowest BCUT2D eigenvalue weighted by Crippen LogP contribution is -2.06. The van der Waals surface area contributed by atoms with Crippen molar-refractivity contribution >= 4 is 11.5 Å². The first-order chi connectivity index (χ1) is 8.63. The molecular weight excluding hydrogens is 230 g/mol. The molecular formula is C14H15NO3. The summed E-state index contributed by atoms with van der Waals surface area (Å²) in [6.45, 7) is 4.09. The Labute approximate surface area is 105 Å². The number of carbonyl (C=O) groups excluding carboxylic acids is 1. The number of para-hydroxylation sites is 1.